The van der Waals surface area contributed by atoms with Gasteiger partial charge in [0.1, 0.15) is 6.04 Å². The van der Waals surface area contributed by atoms with Gasteiger partial charge in [0, 0.05) is 11.6 Å². The Bertz CT molecular complexity index is 334. The Morgan fingerprint density at radius 2 is 2.24 bits per heavy atom. The second kappa shape index (κ2) is 6.45. The number of esters is 1. The van der Waals surface area contributed by atoms with Crippen LogP contribution in [0.2, 0.25) is 0 Å². The molecule has 0 spiro atoms. The molecule has 1 N–H and O–H groups in total. The van der Waals surface area contributed by atoms with Crippen molar-refractivity contribution in [1.29, 1.82) is 0 Å². The zero-order chi connectivity index (χ0) is 12.8. The van der Waals surface area contributed by atoms with E-state index in [9.17, 15) is 4.79 Å². The fourth-order valence-electron chi connectivity index (χ4n) is 1.71. The van der Waals surface area contributed by atoms with Crippen LogP contribution in [0, 0.1) is 5.92 Å². The third-order valence-corrected chi connectivity index (χ3v) is 3.14. The van der Waals surface area contributed by atoms with E-state index in [0.29, 0.717) is 0 Å². The zero-order valence-corrected chi connectivity index (χ0v) is 10.9. The molecule has 0 saturated heterocycles. The summed E-state index contributed by atoms with van der Waals surface area (Å²) in [6, 6.07) is 1.67. The molecular formula is C13H21NO3. The smallest absolute Gasteiger partial charge is 0.323 e. The molecule has 4 nitrogen and oxygen atoms in total. The summed E-state index contributed by atoms with van der Waals surface area (Å²) in [5, 5.41) is 3.29. The minimum Gasteiger partial charge on any atom is -0.472 e. The molecule has 0 aliphatic carbocycles. The molecule has 17 heavy (non-hydrogen) atoms. The van der Waals surface area contributed by atoms with E-state index < -0.39 is 0 Å². The molecule has 1 rings (SSSR count). The average Bonchev–Trinajstić information content (AvgIpc) is 2.87. The topological polar surface area (TPSA) is 51.5 Å². The second-order valence-electron chi connectivity index (χ2n) is 4.33. The summed E-state index contributed by atoms with van der Waals surface area (Å²) < 4.78 is 9.86. The first kappa shape index (κ1) is 13.8. The fourth-order valence-corrected chi connectivity index (χ4v) is 1.71. The largest absolute Gasteiger partial charge is 0.472 e. The lowest BCUT2D eigenvalue weighted by atomic mass is 9.97. The summed E-state index contributed by atoms with van der Waals surface area (Å²) in [5.41, 5.74) is 1.03. The van der Waals surface area contributed by atoms with Gasteiger partial charge in [-0.2, -0.15) is 0 Å². The molecule has 0 aliphatic heterocycles. The van der Waals surface area contributed by atoms with Gasteiger partial charge in [0.15, 0.2) is 0 Å². The molecular weight excluding hydrogens is 218 g/mol. The highest BCUT2D eigenvalue weighted by Crippen LogP contribution is 2.17. The molecule has 1 aromatic heterocycles. The molecule has 4 heteroatoms. The first-order valence-corrected chi connectivity index (χ1v) is 5.96. The molecule has 0 aromatic carbocycles. The maximum absolute atomic E-state index is 11.7. The molecule has 96 valence electrons. The third-order valence-electron chi connectivity index (χ3n) is 3.14. The lowest BCUT2D eigenvalue weighted by molar-refractivity contribution is -0.144. The van der Waals surface area contributed by atoms with Crippen molar-refractivity contribution in [3.63, 3.8) is 0 Å². The number of hydrogen-bond donors (Lipinski definition) is 1. The number of hydrogen-bond acceptors (Lipinski definition) is 4. The molecule has 3 unspecified atom stereocenters. The van der Waals surface area contributed by atoms with Crippen LogP contribution in [-0.2, 0) is 9.53 Å². The van der Waals surface area contributed by atoms with Gasteiger partial charge in [0.2, 0.25) is 0 Å². The highest BCUT2D eigenvalue weighted by Gasteiger charge is 2.26. The lowest BCUT2D eigenvalue weighted by Gasteiger charge is -2.25. The van der Waals surface area contributed by atoms with Gasteiger partial charge in [-0.25, -0.2) is 0 Å². The van der Waals surface area contributed by atoms with Crippen molar-refractivity contribution in [3.8, 4) is 0 Å². The summed E-state index contributed by atoms with van der Waals surface area (Å²) in [6.07, 6.45) is 4.23. The van der Waals surface area contributed by atoms with Crippen molar-refractivity contribution in [3.05, 3.63) is 24.2 Å². The van der Waals surface area contributed by atoms with Gasteiger partial charge < -0.3 is 9.15 Å². The molecule has 1 heterocycles. The summed E-state index contributed by atoms with van der Waals surface area (Å²) in [6.45, 7) is 6.10. The molecule has 0 aliphatic rings. The molecule has 3 atom stereocenters. The van der Waals surface area contributed by atoms with E-state index in [1.807, 2.05) is 19.9 Å². The van der Waals surface area contributed by atoms with Crippen LogP contribution in [0.4, 0.5) is 0 Å². The quantitative estimate of drug-likeness (QED) is 0.775. The van der Waals surface area contributed by atoms with Crippen LogP contribution >= 0.6 is 0 Å². The first-order valence-electron chi connectivity index (χ1n) is 5.96. The third kappa shape index (κ3) is 3.60. The van der Waals surface area contributed by atoms with Crippen LogP contribution in [0.5, 0.6) is 0 Å². The first-order chi connectivity index (χ1) is 8.10. The Morgan fingerprint density at radius 1 is 1.53 bits per heavy atom. The number of furan rings is 1. The van der Waals surface area contributed by atoms with Crippen LogP contribution in [0.3, 0.4) is 0 Å². The van der Waals surface area contributed by atoms with Gasteiger partial charge in [0.05, 0.1) is 19.6 Å². The zero-order valence-electron chi connectivity index (χ0n) is 10.9. The number of ether oxygens (including phenoxy) is 1. The molecule has 1 aromatic rings. The van der Waals surface area contributed by atoms with E-state index in [2.05, 4.69) is 12.2 Å². The van der Waals surface area contributed by atoms with Crippen LogP contribution in [0.15, 0.2) is 23.0 Å². The summed E-state index contributed by atoms with van der Waals surface area (Å²) in [4.78, 5) is 11.7. The molecule has 0 bridgehead atoms. The predicted molar refractivity (Wildman–Crippen MR) is 65.5 cm³/mol. The number of carbonyl (C=O) groups is 1. The maximum Gasteiger partial charge on any atom is 0.323 e. The minimum atomic E-state index is -0.283. The molecule has 0 radical (unpaired) electrons. The van der Waals surface area contributed by atoms with Gasteiger partial charge in [-0.3, -0.25) is 10.1 Å². The van der Waals surface area contributed by atoms with Crippen LogP contribution in [0.1, 0.15) is 38.8 Å². The van der Waals surface area contributed by atoms with E-state index >= 15 is 0 Å². The Kier molecular flexibility index (Phi) is 5.22. The van der Waals surface area contributed by atoms with Crippen LogP contribution < -0.4 is 5.32 Å². The molecule has 0 fully saturated rings. The lowest BCUT2D eigenvalue weighted by Crippen LogP contribution is -2.43. The van der Waals surface area contributed by atoms with E-state index in [1.54, 1.807) is 12.5 Å². The highest BCUT2D eigenvalue weighted by molar-refractivity contribution is 5.76. The van der Waals surface area contributed by atoms with Crippen LogP contribution in [0.25, 0.3) is 0 Å². The predicted octanol–water partition coefficient (Wildman–Crippen LogP) is 2.52. The van der Waals surface area contributed by atoms with Crippen molar-refractivity contribution in [2.24, 2.45) is 5.92 Å². The van der Waals surface area contributed by atoms with E-state index in [4.69, 9.17) is 9.15 Å². The van der Waals surface area contributed by atoms with Crippen molar-refractivity contribution < 1.29 is 13.9 Å². The van der Waals surface area contributed by atoms with Crippen molar-refractivity contribution >= 4 is 5.97 Å². The van der Waals surface area contributed by atoms with E-state index in [-0.39, 0.29) is 24.0 Å². The Hall–Kier alpha value is -1.29. The fraction of sp³-hybridized carbons (Fsp3) is 0.615. The Labute approximate surface area is 102 Å². The average molecular weight is 239 g/mol. The number of methoxy groups -OCH3 is 1. The number of rotatable bonds is 6. The van der Waals surface area contributed by atoms with Gasteiger partial charge >= 0.3 is 5.97 Å². The van der Waals surface area contributed by atoms with Crippen LogP contribution in [-0.4, -0.2) is 19.1 Å². The number of carbonyl (C=O) groups excluding carboxylic acids is 1. The summed E-state index contributed by atoms with van der Waals surface area (Å²) in [7, 11) is 1.42. The van der Waals surface area contributed by atoms with E-state index in [0.717, 1.165) is 12.0 Å². The SMILES string of the molecule is CCC(C)C(NC(C)c1ccoc1)C(=O)OC. The van der Waals surface area contributed by atoms with Gasteiger partial charge in [0.25, 0.3) is 0 Å². The molecule has 0 amide bonds. The Balaban J connectivity index is 2.69. The van der Waals surface area contributed by atoms with Gasteiger partial charge in [-0.05, 0) is 18.9 Å². The normalized spacial score (nSPS) is 16.2. The van der Waals surface area contributed by atoms with Gasteiger partial charge in [-0.15, -0.1) is 0 Å². The van der Waals surface area contributed by atoms with E-state index in [1.165, 1.54) is 7.11 Å². The standard InChI is InChI=1S/C13H21NO3/c1-5-9(2)12(13(15)16-4)14-10(3)11-6-7-17-8-11/h6-10,12,14H,5H2,1-4H3. The molecule has 0 saturated carbocycles. The van der Waals surface area contributed by atoms with Crippen molar-refractivity contribution in [2.75, 3.05) is 7.11 Å². The summed E-state index contributed by atoms with van der Waals surface area (Å²) in [5.74, 6) is 0.0199. The minimum absolute atomic E-state index is 0.0619. The highest BCUT2D eigenvalue weighted by atomic mass is 16.5. The van der Waals surface area contributed by atoms with Crippen molar-refractivity contribution in [1.82, 2.24) is 5.32 Å². The number of nitrogens with one attached hydrogen (secondary N) is 1. The monoisotopic (exact) mass is 239 g/mol. The second-order valence-corrected chi connectivity index (χ2v) is 4.33. The van der Waals surface area contributed by atoms with Gasteiger partial charge in [-0.1, -0.05) is 20.3 Å². The van der Waals surface area contributed by atoms with Crippen molar-refractivity contribution in [2.45, 2.75) is 39.3 Å². The Morgan fingerprint density at radius 3 is 2.71 bits per heavy atom. The summed E-state index contributed by atoms with van der Waals surface area (Å²) >= 11 is 0. The maximum atomic E-state index is 11.7.